The zero-order valence-electron chi connectivity index (χ0n) is 37.9. The molecule has 2 aromatic carbocycles. The second kappa shape index (κ2) is 29.0. The minimum Gasteiger partial charge on any atom is -0.370 e. The first-order valence-corrected chi connectivity index (χ1v) is 22.9. The zero-order valence-corrected chi connectivity index (χ0v) is 37.9. The van der Waals surface area contributed by atoms with Crippen LogP contribution in [-0.2, 0) is 46.4 Å². The van der Waals surface area contributed by atoms with Gasteiger partial charge in [-0.25, -0.2) is 0 Å². The average Bonchev–Trinajstić information content (AvgIpc) is 3.70. The van der Waals surface area contributed by atoms with Crippen LogP contribution in [0.1, 0.15) is 102 Å². The van der Waals surface area contributed by atoms with Crippen molar-refractivity contribution in [2.75, 3.05) is 19.6 Å². The number of amides is 4. The van der Waals surface area contributed by atoms with Crippen molar-refractivity contribution in [2.45, 2.75) is 127 Å². The molecule has 17 nitrogen and oxygen atoms in total. The van der Waals surface area contributed by atoms with Crippen molar-refractivity contribution in [2.24, 2.45) is 46.4 Å². The van der Waals surface area contributed by atoms with Crippen LogP contribution in [0, 0.1) is 23.2 Å². The van der Waals surface area contributed by atoms with E-state index in [1.165, 1.54) is 0 Å². The first-order valence-electron chi connectivity index (χ1n) is 22.9. The van der Waals surface area contributed by atoms with Crippen LogP contribution in [0.25, 0.3) is 10.9 Å². The fourth-order valence-corrected chi connectivity index (χ4v) is 7.92. The number of ketones is 3. The quantitative estimate of drug-likeness (QED) is 0.0388. The molecule has 1 heterocycles. The zero-order chi connectivity index (χ0) is 47.7. The van der Waals surface area contributed by atoms with Crippen molar-refractivity contribution >= 4 is 58.1 Å². The average molecular weight is 901 g/mol. The lowest BCUT2D eigenvalue weighted by Gasteiger charge is -2.26. The maximum atomic E-state index is 14.5. The topological polar surface area (TPSA) is 325 Å². The maximum absolute atomic E-state index is 14.5. The highest BCUT2D eigenvalue weighted by Crippen LogP contribution is 2.25. The highest BCUT2D eigenvalue weighted by molar-refractivity contribution is 5.97. The van der Waals surface area contributed by atoms with E-state index in [0.717, 1.165) is 28.2 Å². The summed E-state index contributed by atoms with van der Waals surface area (Å²) in [5, 5.41) is 17.0. The number of hydrogen-bond acceptors (Lipinski definition) is 12. The van der Waals surface area contributed by atoms with Crippen molar-refractivity contribution in [3.8, 4) is 0 Å². The smallest absolute Gasteiger partial charge is 0.224 e. The van der Waals surface area contributed by atoms with Crippen LogP contribution in [0.3, 0.4) is 0 Å². The molecule has 0 saturated heterocycles. The molecule has 0 unspecified atom stereocenters. The standard InChI is InChI=1S/C48H72N10O7/c1-31(11-7-21-49)56-47(64)35(26-36-30-55-39-16-6-5-14-37(36)39)29-44(61)41(18-10-24-52)58-48(65)34(25-32-12-3-2-4-13-32)28-43(60)40(17-9-23-51)57-46(63)33(19-20-45(54)62)27-42(59)38(53)15-8-22-50/h2-6,12-14,16,22,30-31,33-35,38,40-41,50,55H,7-11,15,17-21,23-29,49,51-53H2,1H3,(H2,54,62)(H,56,64)(H,57,63)(H,58,65)/t31-,33+,34+,35+,38+,40+,41+/m1/s1. The summed E-state index contributed by atoms with van der Waals surface area (Å²) in [6, 6.07) is 13.6. The van der Waals surface area contributed by atoms with Crippen molar-refractivity contribution in [1.82, 2.24) is 20.9 Å². The van der Waals surface area contributed by atoms with Gasteiger partial charge in [0.15, 0.2) is 11.6 Å². The van der Waals surface area contributed by atoms with Gasteiger partial charge in [-0.05, 0) is 121 Å². The summed E-state index contributed by atoms with van der Waals surface area (Å²) in [5.41, 5.74) is 31.4. The van der Waals surface area contributed by atoms with Gasteiger partial charge >= 0.3 is 0 Å². The van der Waals surface area contributed by atoms with Gasteiger partial charge in [-0.2, -0.15) is 0 Å². The number of Topliss-reactive ketones (excluding diaryl/α,β-unsaturated/α-hetero) is 3. The number of para-hydroxylation sites is 1. The van der Waals surface area contributed by atoms with E-state index < -0.39 is 65.2 Å². The van der Waals surface area contributed by atoms with E-state index in [2.05, 4.69) is 20.9 Å². The molecule has 15 N–H and O–H groups in total. The summed E-state index contributed by atoms with van der Waals surface area (Å²) in [4.78, 5) is 98.8. The molecule has 3 rings (SSSR count). The molecule has 7 atom stereocenters. The second-order valence-corrected chi connectivity index (χ2v) is 17.1. The molecular formula is C48H72N10O7. The molecule has 17 heteroatoms. The lowest BCUT2D eigenvalue weighted by molar-refractivity contribution is -0.135. The lowest BCUT2D eigenvalue weighted by atomic mass is 9.87. The summed E-state index contributed by atoms with van der Waals surface area (Å²) >= 11 is 0. The lowest BCUT2D eigenvalue weighted by Crippen LogP contribution is -2.48. The number of benzene rings is 2. The van der Waals surface area contributed by atoms with E-state index in [4.69, 9.17) is 34.1 Å². The fourth-order valence-electron chi connectivity index (χ4n) is 7.92. The van der Waals surface area contributed by atoms with Gasteiger partial charge in [-0.15, -0.1) is 0 Å². The Morgan fingerprint density at radius 3 is 1.75 bits per heavy atom. The van der Waals surface area contributed by atoms with Gasteiger partial charge in [0, 0.05) is 66.6 Å². The number of carbonyl (C=O) groups excluding carboxylic acids is 7. The van der Waals surface area contributed by atoms with E-state index in [-0.39, 0.29) is 101 Å². The number of carbonyl (C=O) groups is 7. The van der Waals surface area contributed by atoms with Gasteiger partial charge in [-0.1, -0.05) is 48.5 Å². The van der Waals surface area contributed by atoms with Gasteiger partial charge in [0.2, 0.25) is 23.6 Å². The Balaban J connectivity index is 1.90. The third-order valence-corrected chi connectivity index (χ3v) is 11.7. The SMILES string of the molecule is C[C@H](CCCN)NC(=O)[C@H](CC(=O)[C@H](CCCN)NC(=O)[C@H](CC(=O)[C@H](CCCN)NC(=O)[C@@H](CCC(N)=O)CC(=O)[C@@H](N)CCC=N)Cc1ccccc1)Cc1c[nH]c2ccccc12. The first-order chi connectivity index (χ1) is 31.2. The van der Waals surface area contributed by atoms with Crippen LogP contribution >= 0.6 is 0 Å². The Morgan fingerprint density at radius 2 is 1.17 bits per heavy atom. The second-order valence-electron chi connectivity index (χ2n) is 17.1. The number of rotatable bonds is 34. The number of H-pyrrole nitrogens is 1. The number of aromatic nitrogens is 1. The van der Waals surface area contributed by atoms with Crippen LogP contribution in [0.5, 0.6) is 0 Å². The van der Waals surface area contributed by atoms with Gasteiger partial charge in [0.05, 0.1) is 18.1 Å². The van der Waals surface area contributed by atoms with Crippen LogP contribution in [0.2, 0.25) is 0 Å². The van der Waals surface area contributed by atoms with Crippen molar-refractivity contribution in [1.29, 1.82) is 5.41 Å². The minimum absolute atomic E-state index is 0.0587. The summed E-state index contributed by atoms with van der Waals surface area (Å²) in [7, 11) is 0. The molecule has 0 fully saturated rings. The molecular weight excluding hydrogens is 829 g/mol. The fraction of sp³-hybridized carbons (Fsp3) is 0.542. The summed E-state index contributed by atoms with van der Waals surface area (Å²) in [5.74, 6) is -6.19. The van der Waals surface area contributed by atoms with E-state index in [9.17, 15) is 33.6 Å². The Labute approximate surface area is 382 Å². The summed E-state index contributed by atoms with van der Waals surface area (Å²) in [6.07, 6.45) is 5.29. The Hall–Kier alpha value is -5.62. The molecule has 0 saturated carbocycles. The molecule has 65 heavy (non-hydrogen) atoms. The molecule has 356 valence electrons. The molecule has 4 amide bonds. The number of aromatic amines is 1. The largest absolute Gasteiger partial charge is 0.370 e. The van der Waals surface area contributed by atoms with Crippen LogP contribution in [0.15, 0.2) is 60.8 Å². The van der Waals surface area contributed by atoms with E-state index >= 15 is 0 Å². The van der Waals surface area contributed by atoms with Crippen molar-refractivity contribution in [3.63, 3.8) is 0 Å². The molecule has 0 bridgehead atoms. The van der Waals surface area contributed by atoms with Gasteiger partial charge < -0.3 is 55.0 Å². The summed E-state index contributed by atoms with van der Waals surface area (Å²) < 4.78 is 0. The van der Waals surface area contributed by atoms with Crippen LogP contribution in [0.4, 0.5) is 0 Å². The van der Waals surface area contributed by atoms with E-state index in [1.54, 1.807) is 0 Å². The van der Waals surface area contributed by atoms with Crippen molar-refractivity contribution < 1.29 is 33.6 Å². The van der Waals surface area contributed by atoms with Crippen LogP contribution in [-0.4, -0.2) is 96.0 Å². The summed E-state index contributed by atoms with van der Waals surface area (Å²) in [6.45, 7) is 2.82. The molecule has 3 aromatic rings. The molecule has 0 radical (unpaired) electrons. The number of fused-ring (bicyclic) bond motifs is 1. The Morgan fingerprint density at radius 1 is 0.646 bits per heavy atom. The van der Waals surface area contributed by atoms with E-state index in [1.807, 2.05) is 67.7 Å². The highest BCUT2D eigenvalue weighted by Gasteiger charge is 2.34. The number of nitrogens with one attached hydrogen (secondary N) is 5. The van der Waals surface area contributed by atoms with Crippen LogP contribution < -0.4 is 44.6 Å². The number of primary amides is 1. The Bertz CT molecular complexity index is 2010. The van der Waals surface area contributed by atoms with Gasteiger partial charge in [0.1, 0.15) is 5.78 Å². The third-order valence-electron chi connectivity index (χ3n) is 11.7. The molecule has 0 aliphatic rings. The predicted octanol–water partition coefficient (Wildman–Crippen LogP) is 2.39. The predicted molar refractivity (Wildman–Crippen MR) is 252 cm³/mol. The normalized spacial score (nSPS) is 14.5. The van der Waals surface area contributed by atoms with Crippen molar-refractivity contribution in [3.05, 3.63) is 71.9 Å². The maximum Gasteiger partial charge on any atom is 0.224 e. The molecule has 0 aliphatic heterocycles. The van der Waals surface area contributed by atoms with Gasteiger partial charge in [-0.3, -0.25) is 33.6 Å². The monoisotopic (exact) mass is 901 g/mol. The minimum atomic E-state index is -1.10. The third kappa shape index (κ3) is 18.8. The molecule has 0 spiro atoms. The molecule has 1 aromatic heterocycles. The molecule has 0 aliphatic carbocycles. The number of hydrogen-bond donors (Lipinski definition) is 10. The highest BCUT2D eigenvalue weighted by atomic mass is 16.2. The van der Waals surface area contributed by atoms with E-state index in [0.29, 0.717) is 32.2 Å². The number of nitrogens with two attached hydrogens (primary N) is 5. The first kappa shape index (κ1) is 53.7. The van der Waals surface area contributed by atoms with Gasteiger partial charge in [0.25, 0.3) is 0 Å². The Kier molecular flexibility index (Phi) is 24.0.